The molecule has 0 amide bonds. The first kappa shape index (κ1) is 14.9. The first-order valence-corrected chi connectivity index (χ1v) is 8.85. The van der Waals surface area contributed by atoms with Crippen LogP contribution in [0.1, 0.15) is 28.5 Å². The summed E-state index contributed by atoms with van der Waals surface area (Å²) in [5.41, 5.74) is 2.18. The van der Waals surface area contributed by atoms with Crippen molar-refractivity contribution >= 4 is 39.0 Å². The Labute approximate surface area is 143 Å². The molecule has 0 saturated carbocycles. The van der Waals surface area contributed by atoms with Gasteiger partial charge in [0.2, 0.25) is 5.28 Å². The van der Waals surface area contributed by atoms with E-state index in [4.69, 9.17) is 16.0 Å². The second kappa shape index (κ2) is 6.11. The largest absolute Gasteiger partial charge is 0.467 e. The van der Waals surface area contributed by atoms with Gasteiger partial charge >= 0.3 is 0 Å². The van der Waals surface area contributed by atoms with Gasteiger partial charge in [-0.05, 0) is 49.2 Å². The third kappa shape index (κ3) is 2.82. The lowest BCUT2D eigenvalue weighted by Crippen LogP contribution is -2.07. The summed E-state index contributed by atoms with van der Waals surface area (Å²) in [6.07, 6.45) is 2.84. The lowest BCUT2D eigenvalue weighted by Gasteiger charge is -2.05. The Balaban J connectivity index is 1.72. The molecule has 0 aliphatic carbocycles. The fourth-order valence-electron chi connectivity index (χ4n) is 3.05. The number of hydrogen-bond donors (Lipinski definition) is 2. The molecule has 0 spiro atoms. The highest BCUT2D eigenvalue weighted by molar-refractivity contribution is 7.20. The molecule has 1 saturated heterocycles. The normalized spacial score (nSPS) is 17.9. The highest BCUT2D eigenvalue weighted by Gasteiger charge is 2.24. The summed E-state index contributed by atoms with van der Waals surface area (Å²) in [6, 6.07) is 3.81. The number of thiophene rings is 1. The molecule has 5 nitrogen and oxygen atoms in total. The van der Waals surface area contributed by atoms with Gasteiger partial charge < -0.3 is 15.1 Å². The van der Waals surface area contributed by atoms with Crippen LogP contribution in [0.15, 0.2) is 22.8 Å². The van der Waals surface area contributed by atoms with Gasteiger partial charge in [-0.1, -0.05) is 0 Å². The Hall–Kier alpha value is -1.63. The van der Waals surface area contributed by atoms with Gasteiger partial charge in [0.05, 0.1) is 23.0 Å². The van der Waals surface area contributed by atoms with Crippen LogP contribution in [0.3, 0.4) is 0 Å². The van der Waals surface area contributed by atoms with Crippen LogP contribution in [0.5, 0.6) is 0 Å². The molecule has 0 aromatic carbocycles. The zero-order chi connectivity index (χ0) is 15.8. The summed E-state index contributed by atoms with van der Waals surface area (Å²) >= 11 is 7.91. The van der Waals surface area contributed by atoms with Crippen molar-refractivity contribution in [2.24, 2.45) is 0 Å². The second-order valence-electron chi connectivity index (χ2n) is 5.73. The smallest absolute Gasteiger partial charge is 0.224 e. The van der Waals surface area contributed by atoms with E-state index >= 15 is 0 Å². The van der Waals surface area contributed by atoms with Gasteiger partial charge in [-0.2, -0.15) is 4.98 Å². The van der Waals surface area contributed by atoms with Crippen molar-refractivity contribution in [3.8, 4) is 0 Å². The molecule has 1 atom stereocenters. The van der Waals surface area contributed by atoms with E-state index in [0.29, 0.717) is 12.5 Å². The summed E-state index contributed by atoms with van der Waals surface area (Å²) in [4.78, 5) is 10.2. The number of furan rings is 1. The monoisotopic (exact) mass is 348 g/mol. The average Bonchev–Trinajstić information content (AvgIpc) is 3.26. The fourth-order valence-corrected chi connectivity index (χ4v) is 4.57. The maximum absolute atomic E-state index is 6.13. The van der Waals surface area contributed by atoms with Crippen molar-refractivity contribution < 1.29 is 4.42 Å². The maximum atomic E-state index is 6.13. The quantitative estimate of drug-likeness (QED) is 0.699. The Morgan fingerprint density at radius 1 is 1.48 bits per heavy atom. The molecule has 4 rings (SSSR count). The molecular formula is C16H17ClN4OS. The number of hydrogen-bond acceptors (Lipinski definition) is 6. The minimum absolute atomic E-state index is 0.274. The number of rotatable bonds is 4. The van der Waals surface area contributed by atoms with Gasteiger partial charge in [0.15, 0.2) is 0 Å². The summed E-state index contributed by atoms with van der Waals surface area (Å²) in [7, 11) is 0. The lowest BCUT2D eigenvalue weighted by atomic mass is 10.0. The molecule has 1 aliphatic rings. The molecule has 3 aromatic rings. The van der Waals surface area contributed by atoms with E-state index in [1.54, 1.807) is 17.6 Å². The molecule has 23 heavy (non-hydrogen) atoms. The molecule has 7 heteroatoms. The van der Waals surface area contributed by atoms with E-state index < -0.39 is 0 Å². The van der Waals surface area contributed by atoms with Gasteiger partial charge in [0.25, 0.3) is 0 Å². The Kier molecular flexibility index (Phi) is 3.97. The van der Waals surface area contributed by atoms with Gasteiger partial charge in [0.1, 0.15) is 11.6 Å². The van der Waals surface area contributed by atoms with Crippen molar-refractivity contribution in [3.05, 3.63) is 39.9 Å². The van der Waals surface area contributed by atoms with Crippen molar-refractivity contribution in [3.63, 3.8) is 0 Å². The molecule has 1 fully saturated rings. The predicted molar refractivity (Wildman–Crippen MR) is 93.4 cm³/mol. The maximum Gasteiger partial charge on any atom is 0.224 e. The number of fused-ring (bicyclic) bond motifs is 1. The number of anilines is 1. The van der Waals surface area contributed by atoms with Crippen LogP contribution < -0.4 is 10.6 Å². The van der Waals surface area contributed by atoms with Crippen molar-refractivity contribution in [1.82, 2.24) is 15.3 Å². The standard InChI is InChI=1S/C16H17ClN4OS/c1-9-12-14(23-13(9)10-4-5-18-7-10)15(21-16(17)20-12)19-8-11-3-2-6-22-11/h2-3,6,10,18H,4-5,7-8H2,1H3,(H,19,20,21). The zero-order valence-electron chi connectivity index (χ0n) is 12.7. The van der Waals surface area contributed by atoms with Gasteiger partial charge in [-0.15, -0.1) is 11.3 Å². The topological polar surface area (TPSA) is 63.0 Å². The molecule has 3 aromatic heterocycles. The van der Waals surface area contributed by atoms with Crippen LogP contribution >= 0.6 is 22.9 Å². The van der Waals surface area contributed by atoms with Crippen LogP contribution in [-0.4, -0.2) is 23.1 Å². The predicted octanol–water partition coefficient (Wildman–Crippen LogP) is 3.94. The van der Waals surface area contributed by atoms with E-state index in [1.807, 2.05) is 12.1 Å². The molecule has 2 N–H and O–H groups in total. The van der Waals surface area contributed by atoms with Crippen LogP contribution in [0.4, 0.5) is 5.82 Å². The Morgan fingerprint density at radius 2 is 2.39 bits per heavy atom. The van der Waals surface area contributed by atoms with Crippen molar-refractivity contribution in [2.45, 2.75) is 25.8 Å². The second-order valence-corrected chi connectivity index (χ2v) is 7.12. The first-order valence-electron chi connectivity index (χ1n) is 7.66. The number of aromatic nitrogens is 2. The molecular weight excluding hydrogens is 332 g/mol. The number of aryl methyl sites for hydroxylation is 1. The lowest BCUT2D eigenvalue weighted by molar-refractivity contribution is 0.518. The van der Waals surface area contributed by atoms with E-state index in [-0.39, 0.29) is 5.28 Å². The summed E-state index contributed by atoms with van der Waals surface area (Å²) in [6.45, 7) is 4.82. The van der Waals surface area contributed by atoms with Crippen LogP contribution in [0, 0.1) is 6.92 Å². The number of nitrogens with one attached hydrogen (secondary N) is 2. The van der Waals surface area contributed by atoms with Crippen LogP contribution in [-0.2, 0) is 6.54 Å². The minimum atomic E-state index is 0.274. The zero-order valence-corrected chi connectivity index (χ0v) is 14.3. The molecule has 0 bridgehead atoms. The third-order valence-corrected chi connectivity index (χ3v) is 5.84. The Bertz CT molecular complexity index is 824. The van der Waals surface area contributed by atoms with E-state index in [9.17, 15) is 0 Å². The van der Waals surface area contributed by atoms with Gasteiger partial charge in [0, 0.05) is 17.3 Å². The number of halogens is 1. The first-order chi connectivity index (χ1) is 11.2. The fraction of sp³-hybridized carbons (Fsp3) is 0.375. The summed E-state index contributed by atoms with van der Waals surface area (Å²) < 4.78 is 6.43. The van der Waals surface area contributed by atoms with Gasteiger partial charge in [-0.3, -0.25) is 0 Å². The molecule has 1 aliphatic heterocycles. The average molecular weight is 349 g/mol. The SMILES string of the molecule is Cc1c(C2CCNC2)sc2c(NCc3ccco3)nc(Cl)nc12. The molecule has 120 valence electrons. The van der Waals surface area contributed by atoms with E-state index in [0.717, 1.165) is 34.9 Å². The van der Waals surface area contributed by atoms with Crippen LogP contribution in [0.25, 0.3) is 10.2 Å². The highest BCUT2D eigenvalue weighted by Crippen LogP contribution is 2.40. The van der Waals surface area contributed by atoms with E-state index in [1.165, 1.54) is 16.9 Å². The highest BCUT2D eigenvalue weighted by atomic mass is 35.5. The van der Waals surface area contributed by atoms with E-state index in [2.05, 4.69) is 27.5 Å². The Morgan fingerprint density at radius 3 is 3.13 bits per heavy atom. The molecule has 1 unspecified atom stereocenters. The van der Waals surface area contributed by atoms with Crippen molar-refractivity contribution in [1.29, 1.82) is 0 Å². The summed E-state index contributed by atoms with van der Waals surface area (Å²) in [5.74, 6) is 2.20. The van der Waals surface area contributed by atoms with Crippen molar-refractivity contribution in [2.75, 3.05) is 18.4 Å². The van der Waals surface area contributed by atoms with Gasteiger partial charge in [-0.25, -0.2) is 4.98 Å². The summed E-state index contributed by atoms with van der Waals surface area (Å²) in [5, 5.41) is 7.03. The minimum Gasteiger partial charge on any atom is -0.467 e. The number of nitrogens with zero attached hydrogens (tertiary/aromatic N) is 2. The molecule has 4 heterocycles. The third-order valence-electron chi connectivity index (χ3n) is 4.22. The van der Waals surface area contributed by atoms with Crippen LogP contribution in [0.2, 0.25) is 5.28 Å². The molecule has 0 radical (unpaired) electrons.